The number of hydrogen-bond donors (Lipinski definition) is 0. The van der Waals surface area contributed by atoms with E-state index in [-0.39, 0.29) is 5.41 Å². The predicted molar refractivity (Wildman–Crippen MR) is 314 cm³/mol. The van der Waals surface area contributed by atoms with Gasteiger partial charge in [0.05, 0.1) is 10.8 Å². The number of rotatable bonds is 7. The third-order valence-electron chi connectivity index (χ3n) is 17.1. The molecule has 0 N–H and O–H groups in total. The molecular weight excluding hydrogens is 931 g/mol. The van der Waals surface area contributed by atoms with E-state index in [4.69, 9.17) is 15.0 Å². The topological polar surface area (TPSA) is 38.7 Å². The molecule has 77 heavy (non-hydrogen) atoms. The van der Waals surface area contributed by atoms with Crippen molar-refractivity contribution in [2.75, 3.05) is 0 Å². The highest BCUT2D eigenvalue weighted by Crippen LogP contribution is 2.64. The van der Waals surface area contributed by atoms with E-state index in [1.165, 1.54) is 72.3 Å². The summed E-state index contributed by atoms with van der Waals surface area (Å²) >= 11 is 0. The molecule has 1 aromatic heterocycles. The van der Waals surface area contributed by atoms with Gasteiger partial charge in [-0.3, -0.25) is 0 Å². The lowest BCUT2D eigenvalue weighted by molar-refractivity contribution is 0.563. The quantitative estimate of drug-likeness (QED) is 0.160. The largest absolute Gasteiger partial charge is 0.208 e. The standard InChI is InChI=1S/C74H51N3/c1-72(2)62-33-17-19-35-64(62)74(65-36-20-18-34-63(65)72)61-45-43-52(53-42-44-57-56-30-15-16-32-60(56)73(67(57)47-53,54-26-11-5-12-27-54)55-28-13-6-14-29-55)46-59(61)68-58(31-21-37-66(68)74)71-76-69(50-24-9-4-10-25-50)75-70(77-71)51-40-38-49(39-41-51)48-22-7-3-8-23-48/h3-47H,1-2H3. The van der Waals surface area contributed by atoms with Gasteiger partial charge < -0.3 is 0 Å². The van der Waals surface area contributed by atoms with Crippen LogP contribution in [-0.2, 0) is 16.2 Å². The fourth-order valence-corrected chi connectivity index (χ4v) is 13.7. The van der Waals surface area contributed by atoms with Crippen LogP contribution in [0.25, 0.3) is 78.7 Å². The normalized spacial score (nSPS) is 14.4. The molecule has 3 aliphatic carbocycles. The second kappa shape index (κ2) is 17.2. The van der Waals surface area contributed by atoms with Crippen molar-refractivity contribution in [1.82, 2.24) is 15.0 Å². The van der Waals surface area contributed by atoms with Gasteiger partial charge in [0.25, 0.3) is 0 Å². The Bertz CT molecular complexity index is 4190. The summed E-state index contributed by atoms with van der Waals surface area (Å²) in [5, 5.41) is 0. The van der Waals surface area contributed by atoms with Crippen molar-refractivity contribution >= 4 is 0 Å². The summed E-state index contributed by atoms with van der Waals surface area (Å²) in [6, 6.07) is 100. The summed E-state index contributed by atoms with van der Waals surface area (Å²) in [5.74, 6) is 1.89. The van der Waals surface area contributed by atoms with E-state index in [0.717, 1.165) is 44.5 Å². The van der Waals surface area contributed by atoms with Crippen LogP contribution in [0.4, 0.5) is 0 Å². The van der Waals surface area contributed by atoms with Crippen molar-refractivity contribution in [2.45, 2.75) is 30.1 Å². The summed E-state index contributed by atoms with van der Waals surface area (Å²) in [7, 11) is 0. The lowest BCUT2D eigenvalue weighted by Gasteiger charge is -2.46. The van der Waals surface area contributed by atoms with Crippen molar-refractivity contribution in [3.8, 4) is 78.7 Å². The number of hydrogen-bond acceptors (Lipinski definition) is 3. The van der Waals surface area contributed by atoms with E-state index in [2.05, 4.69) is 281 Å². The molecule has 0 fully saturated rings. The first kappa shape index (κ1) is 44.9. The lowest BCUT2D eigenvalue weighted by atomic mass is 9.55. The van der Waals surface area contributed by atoms with E-state index in [1.54, 1.807) is 0 Å². The van der Waals surface area contributed by atoms with Gasteiger partial charge in [-0.15, -0.1) is 0 Å². The van der Waals surface area contributed by atoms with Crippen molar-refractivity contribution in [3.05, 3.63) is 329 Å². The van der Waals surface area contributed by atoms with Gasteiger partial charge in [0, 0.05) is 22.1 Å². The van der Waals surface area contributed by atoms with Gasteiger partial charge in [0.2, 0.25) is 0 Å². The van der Waals surface area contributed by atoms with Gasteiger partial charge in [-0.25, -0.2) is 15.0 Å². The van der Waals surface area contributed by atoms with Gasteiger partial charge in [0.15, 0.2) is 17.5 Å². The van der Waals surface area contributed by atoms with Crippen LogP contribution < -0.4 is 0 Å². The summed E-state index contributed by atoms with van der Waals surface area (Å²) < 4.78 is 0. The zero-order chi connectivity index (χ0) is 51.3. The van der Waals surface area contributed by atoms with Crippen molar-refractivity contribution in [1.29, 1.82) is 0 Å². The molecule has 362 valence electrons. The van der Waals surface area contributed by atoms with Gasteiger partial charge in [-0.1, -0.05) is 275 Å². The van der Waals surface area contributed by atoms with Gasteiger partial charge in [-0.2, -0.15) is 0 Å². The van der Waals surface area contributed by atoms with Crippen LogP contribution in [0.3, 0.4) is 0 Å². The number of aromatic nitrogens is 3. The van der Waals surface area contributed by atoms with Crippen molar-refractivity contribution in [3.63, 3.8) is 0 Å². The average molecular weight is 982 g/mol. The van der Waals surface area contributed by atoms with Crippen LogP contribution in [0, 0.1) is 0 Å². The fraction of sp³-hybridized carbons (Fsp3) is 0.0676. The number of fused-ring (bicyclic) bond motifs is 12. The van der Waals surface area contributed by atoms with Crippen LogP contribution in [0.2, 0.25) is 0 Å². The number of benzene rings is 11. The minimum absolute atomic E-state index is 0.241. The highest BCUT2D eigenvalue weighted by atomic mass is 15.0. The maximum absolute atomic E-state index is 5.49. The zero-order valence-corrected chi connectivity index (χ0v) is 42.8. The fourth-order valence-electron chi connectivity index (χ4n) is 13.7. The molecule has 1 heterocycles. The predicted octanol–water partition coefficient (Wildman–Crippen LogP) is 17.6. The minimum atomic E-state index is -0.636. The summed E-state index contributed by atoms with van der Waals surface area (Å²) in [6.07, 6.45) is 0. The molecule has 3 nitrogen and oxygen atoms in total. The Morgan fingerprint density at radius 1 is 0.234 bits per heavy atom. The highest BCUT2D eigenvalue weighted by molar-refractivity contribution is 5.98. The second-order valence-electron chi connectivity index (χ2n) is 21.4. The molecule has 0 saturated heterocycles. The third-order valence-corrected chi connectivity index (χ3v) is 17.1. The van der Waals surface area contributed by atoms with E-state index in [9.17, 15) is 0 Å². The Labute approximate surface area is 450 Å². The van der Waals surface area contributed by atoms with Crippen LogP contribution >= 0.6 is 0 Å². The van der Waals surface area contributed by atoms with Crippen LogP contribution in [-0.4, -0.2) is 15.0 Å². The smallest absolute Gasteiger partial charge is 0.164 e. The molecule has 0 amide bonds. The maximum atomic E-state index is 5.49. The molecule has 15 rings (SSSR count). The Morgan fingerprint density at radius 2 is 0.636 bits per heavy atom. The van der Waals surface area contributed by atoms with Crippen molar-refractivity contribution in [2.24, 2.45) is 0 Å². The van der Waals surface area contributed by atoms with E-state index in [1.807, 2.05) is 6.07 Å². The molecular formula is C74H51N3. The first-order valence-corrected chi connectivity index (χ1v) is 26.8. The van der Waals surface area contributed by atoms with Crippen LogP contribution in [0.1, 0.15) is 69.5 Å². The number of nitrogens with zero attached hydrogens (tertiary/aromatic N) is 3. The Kier molecular flexibility index (Phi) is 10.0. The first-order valence-electron chi connectivity index (χ1n) is 26.8. The molecule has 12 aromatic rings. The van der Waals surface area contributed by atoms with E-state index >= 15 is 0 Å². The summed E-state index contributed by atoms with van der Waals surface area (Å²) in [6.45, 7) is 4.77. The zero-order valence-electron chi connectivity index (χ0n) is 42.8. The Balaban J connectivity index is 0.992. The first-order chi connectivity index (χ1) is 37.9. The van der Waals surface area contributed by atoms with Crippen molar-refractivity contribution < 1.29 is 0 Å². The molecule has 1 spiro atoms. The van der Waals surface area contributed by atoms with Crippen LogP contribution in [0.5, 0.6) is 0 Å². The lowest BCUT2D eigenvalue weighted by Crippen LogP contribution is -2.40. The molecule has 3 heteroatoms. The SMILES string of the molecule is CC1(C)c2ccccc2C2(c3ccc(-c4ccc5c(c4)C(c4ccccc4)(c4ccccc4)c4ccccc4-5)cc3-c3c(-c4nc(-c5ccccc5)nc(-c5ccc(-c6ccccc6)cc5)n4)cccc32)c2ccccc21. The molecule has 11 aromatic carbocycles. The maximum Gasteiger partial charge on any atom is 0.164 e. The Hall–Kier alpha value is -9.57. The molecule has 0 bridgehead atoms. The monoisotopic (exact) mass is 981 g/mol. The van der Waals surface area contributed by atoms with Gasteiger partial charge in [0.1, 0.15) is 0 Å². The highest BCUT2D eigenvalue weighted by Gasteiger charge is 2.54. The Morgan fingerprint density at radius 3 is 1.26 bits per heavy atom. The molecule has 3 aliphatic rings. The molecule has 0 aliphatic heterocycles. The van der Waals surface area contributed by atoms with E-state index < -0.39 is 10.8 Å². The molecule has 0 unspecified atom stereocenters. The molecule has 0 saturated carbocycles. The van der Waals surface area contributed by atoms with Crippen LogP contribution in [0.15, 0.2) is 273 Å². The molecule has 0 atom stereocenters. The minimum Gasteiger partial charge on any atom is -0.208 e. The van der Waals surface area contributed by atoms with Gasteiger partial charge >= 0.3 is 0 Å². The summed E-state index contributed by atoms with van der Waals surface area (Å²) in [5.41, 5.74) is 23.7. The second-order valence-corrected chi connectivity index (χ2v) is 21.4. The average Bonchev–Trinajstić information content (AvgIpc) is 4.18. The molecule has 0 radical (unpaired) electrons. The third kappa shape index (κ3) is 6.53. The summed E-state index contributed by atoms with van der Waals surface area (Å²) in [4.78, 5) is 16.2. The van der Waals surface area contributed by atoms with E-state index in [0.29, 0.717) is 17.5 Å². The van der Waals surface area contributed by atoms with Gasteiger partial charge in [-0.05, 0) is 112 Å².